The van der Waals surface area contributed by atoms with Crippen molar-refractivity contribution < 1.29 is 18.0 Å². The van der Waals surface area contributed by atoms with Crippen molar-refractivity contribution in [3.8, 4) is 0 Å². The van der Waals surface area contributed by atoms with Crippen molar-refractivity contribution in [2.24, 2.45) is 0 Å². The molecule has 0 atom stereocenters. The molecule has 26 heavy (non-hydrogen) atoms. The van der Waals surface area contributed by atoms with E-state index in [2.05, 4.69) is 10.0 Å². The van der Waals surface area contributed by atoms with Crippen LogP contribution in [0.3, 0.4) is 0 Å². The van der Waals surface area contributed by atoms with E-state index >= 15 is 0 Å². The Bertz CT molecular complexity index is 878. The molecule has 0 spiro atoms. The number of hydrogen-bond donors (Lipinski definition) is 2. The van der Waals surface area contributed by atoms with Crippen LogP contribution in [-0.4, -0.2) is 20.2 Å². The number of aryl methyl sites for hydroxylation is 1. The Morgan fingerprint density at radius 3 is 2.12 bits per heavy atom. The molecule has 0 heterocycles. The Labute approximate surface area is 157 Å². The quantitative estimate of drug-likeness (QED) is 0.754. The van der Waals surface area contributed by atoms with Gasteiger partial charge >= 0.3 is 0 Å². The summed E-state index contributed by atoms with van der Waals surface area (Å²) in [7, 11) is -3.93. The van der Waals surface area contributed by atoms with E-state index in [1.165, 1.54) is 19.1 Å². The highest BCUT2D eigenvalue weighted by Crippen LogP contribution is 2.13. The van der Waals surface area contributed by atoms with Crippen molar-refractivity contribution in [3.63, 3.8) is 0 Å². The third-order valence-corrected chi connectivity index (χ3v) is 5.22. The predicted octanol–water partition coefficient (Wildman–Crippen LogP) is 2.41. The van der Waals surface area contributed by atoms with Gasteiger partial charge in [0.25, 0.3) is 10.0 Å². The van der Waals surface area contributed by atoms with Gasteiger partial charge in [-0.1, -0.05) is 35.9 Å². The van der Waals surface area contributed by atoms with Gasteiger partial charge in [-0.25, -0.2) is 13.1 Å². The molecule has 0 bridgehead atoms. The number of nitrogens with one attached hydrogen (secondary N) is 2. The van der Waals surface area contributed by atoms with Gasteiger partial charge in [-0.05, 0) is 41.8 Å². The molecule has 2 N–H and O–H groups in total. The van der Waals surface area contributed by atoms with Crippen LogP contribution in [0.2, 0.25) is 5.02 Å². The molecule has 2 rings (SSSR count). The summed E-state index contributed by atoms with van der Waals surface area (Å²) in [5, 5.41) is 3.22. The molecule has 0 saturated carbocycles. The minimum Gasteiger partial charge on any atom is -0.352 e. The fraction of sp³-hybridized carbons (Fsp3) is 0.222. The Morgan fingerprint density at radius 2 is 1.54 bits per heavy atom. The van der Waals surface area contributed by atoms with E-state index < -0.39 is 15.9 Å². The standard InChI is InChI=1S/C18H19ClN2O4S/c1-13(22)20-12-15-4-9-17(10-5-15)26(24,25)21-18(23)11-6-14-2-7-16(19)8-3-14/h2-5,7-10H,6,11-12H2,1H3,(H,20,22)(H,21,23). The van der Waals surface area contributed by atoms with Crippen LogP contribution in [0, 0.1) is 0 Å². The van der Waals surface area contributed by atoms with E-state index in [0.29, 0.717) is 18.0 Å². The third-order valence-electron chi connectivity index (χ3n) is 3.58. The molecular weight excluding hydrogens is 376 g/mol. The summed E-state index contributed by atoms with van der Waals surface area (Å²) in [5.74, 6) is -0.753. The van der Waals surface area contributed by atoms with Gasteiger partial charge in [0.1, 0.15) is 0 Å². The zero-order valence-electron chi connectivity index (χ0n) is 14.2. The number of rotatable bonds is 7. The summed E-state index contributed by atoms with van der Waals surface area (Å²) in [6, 6.07) is 13.0. The normalized spacial score (nSPS) is 11.0. The van der Waals surface area contributed by atoms with E-state index in [0.717, 1.165) is 11.1 Å². The fourth-order valence-corrected chi connectivity index (χ4v) is 3.32. The first kappa shape index (κ1) is 19.9. The second kappa shape index (κ2) is 8.82. The Morgan fingerprint density at radius 1 is 0.962 bits per heavy atom. The number of carbonyl (C=O) groups excluding carboxylic acids is 2. The van der Waals surface area contributed by atoms with Crippen molar-refractivity contribution in [3.05, 3.63) is 64.7 Å². The van der Waals surface area contributed by atoms with Crippen LogP contribution in [0.15, 0.2) is 53.4 Å². The maximum absolute atomic E-state index is 12.3. The van der Waals surface area contributed by atoms with Crippen LogP contribution < -0.4 is 10.0 Å². The van der Waals surface area contributed by atoms with Gasteiger partial charge < -0.3 is 5.32 Å². The molecule has 138 valence electrons. The predicted molar refractivity (Wildman–Crippen MR) is 99.1 cm³/mol. The van der Waals surface area contributed by atoms with Crippen LogP contribution in [0.1, 0.15) is 24.5 Å². The Kier molecular flexibility index (Phi) is 6.76. The number of carbonyl (C=O) groups is 2. The molecule has 0 saturated heterocycles. The Hall–Kier alpha value is -2.38. The van der Waals surface area contributed by atoms with E-state index in [1.54, 1.807) is 36.4 Å². The second-order valence-electron chi connectivity index (χ2n) is 5.71. The van der Waals surface area contributed by atoms with Gasteiger partial charge in [0.2, 0.25) is 11.8 Å². The second-order valence-corrected chi connectivity index (χ2v) is 7.83. The monoisotopic (exact) mass is 394 g/mol. The summed E-state index contributed by atoms with van der Waals surface area (Å²) in [5.41, 5.74) is 1.65. The van der Waals surface area contributed by atoms with E-state index in [-0.39, 0.29) is 17.2 Å². The average molecular weight is 395 g/mol. The van der Waals surface area contributed by atoms with Crippen molar-refractivity contribution in [1.29, 1.82) is 0 Å². The highest BCUT2D eigenvalue weighted by atomic mass is 35.5. The zero-order chi connectivity index (χ0) is 19.2. The van der Waals surface area contributed by atoms with Crippen molar-refractivity contribution >= 4 is 33.4 Å². The summed E-state index contributed by atoms with van der Waals surface area (Å²) in [6.07, 6.45) is 0.454. The highest BCUT2D eigenvalue weighted by Gasteiger charge is 2.17. The van der Waals surface area contributed by atoms with Crippen LogP contribution in [0.5, 0.6) is 0 Å². The van der Waals surface area contributed by atoms with Gasteiger partial charge in [0, 0.05) is 24.9 Å². The number of amides is 2. The number of halogens is 1. The lowest BCUT2D eigenvalue weighted by atomic mass is 10.1. The third kappa shape index (κ3) is 6.16. The van der Waals surface area contributed by atoms with Gasteiger partial charge in [0.15, 0.2) is 0 Å². The summed E-state index contributed by atoms with van der Waals surface area (Å²) in [6.45, 7) is 1.71. The zero-order valence-corrected chi connectivity index (χ0v) is 15.7. The number of sulfonamides is 1. The summed E-state index contributed by atoms with van der Waals surface area (Å²) >= 11 is 5.80. The molecule has 8 heteroatoms. The first-order valence-electron chi connectivity index (χ1n) is 7.90. The molecule has 2 aromatic rings. The molecule has 0 aliphatic carbocycles. The molecular formula is C18H19ClN2O4S. The smallest absolute Gasteiger partial charge is 0.264 e. The molecule has 0 aliphatic heterocycles. The molecule has 0 aromatic heterocycles. The summed E-state index contributed by atoms with van der Waals surface area (Å²) in [4.78, 5) is 22.8. The molecule has 2 amide bonds. The van der Waals surface area contributed by atoms with Gasteiger partial charge in [-0.2, -0.15) is 0 Å². The average Bonchev–Trinajstić information content (AvgIpc) is 2.59. The topological polar surface area (TPSA) is 92.3 Å². The first-order valence-corrected chi connectivity index (χ1v) is 9.76. The van der Waals surface area contributed by atoms with Crippen LogP contribution in [0.25, 0.3) is 0 Å². The van der Waals surface area contributed by atoms with Gasteiger partial charge in [0.05, 0.1) is 4.90 Å². The number of hydrogen-bond acceptors (Lipinski definition) is 4. The number of benzene rings is 2. The van der Waals surface area contributed by atoms with Crippen LogP contribution in [0.4, 0.5) is 0 Å². The van der Waals surface area contributed by atoms with E-state index in [1.807, 2.05) is 0 Å². The molecule has 0 radical (unpaired) electrons. The van der Waals surface area contributed by atoms with E-state index in [9.17, 15) is 18.0 Å². The highest BCUT2D eigenvalue weighted by molar-refractivity contribution is 7.90. The first-order chi connectivity index (χ1) is 12.3. The maximum Gasteiger partial charge on any atom is 0.264 e. The minimum absolute atomic E-state index is 0.0103. The molecule has 0 unspecified atom stereocenters. The Balaban J connectivity index is 1.93. The largest absolute Gasteiger partial charge is 0.352 e. The lowest BCUT2D eigenvalue weighted by molar-refractivity contribution is -0.120. The van der Waals surface area contributed by atoms with Crippen molar-refractivity contribution in [2.45, 2.75) is 31.2 Å². The minimum atomic E-state index is -3.93. The molecule has 6 nitrogen and oxygen atoms in total. The van der Waals surface area contributed by atoms with Crippen LogP contribution >= 0.6 is 11.6 Å². The molecule has 0 aliphatic rings. The van der Waals surface area contributed by atoms with Gasteiger partial charge in [-0.15, -0.1) is 0 Å². The van der Waals surface area contributed by atoms with Crippen molar-refractivity contribution in [1.82, 2.24) is 10.0 Å². The van der Waals surface area contributed by atoms with Crippen molar-refractivity contribution in [2.75, 3.05) is 0 Å². The lowest BCUT2D eigenvalue weighted by Crippen LogP contribution is -2.30. The SMILES string of the molecule is CC(=O)NCc1ccc(S(=O)(=O)NC(=O)CCc2ccc(Cl)cc2)cc1. The molecule has 2 aromatic carbocycles. The lowest BCUT2D eigenvalue weighted by Gasteiger charge is -2.08. The fourth-order valence-electron chi connectivity index (χ4n) is 2.18. The van der Waals surface area contributed by atoms with Gasteiger partial charge in [-0.3, -0.25) is 9.59 Å². The van der Waals surface area contributed by atoms with Crippen LogP contribution in [-0.2, 0) is 32.6 Å². The maximum atomic E-state index is 12.3. The molecule has 0 fully saturated rings. The summed E-state index contributed by atoms with van der Waals surface area (Å²) < 4.78 is 26.6. The van der Waals surface area contributed by atoms with E-state index in [4.69, 9.17) is 11.6 Å².